The van der Waals surface area contributed by atoms with Gasteiger partial charge in [0.25, 0.3) is 0 Å². The van der Waals surface area contributed by atoms with E-state index in [1.807, 2.05) is 13.8 Å². The van der Waals surface area contributed by atoms with Crippen LogP contribution in [0.25, 0.3) is 0 Å². The summed E-state index contributed by atoms with van der Waals surface area (Å²) in [5.41, 5.74) is 0. The average molecular weight is 409 g/mol. The predicted octanol–water partition coefficient (Wildman–Crippen LogP) is 1.19. The number of amides is 4. The Morgan fingerprint density at radius 2 is 1.21 bits per heavy atom. The van der Waals surface area contributed by atoms with E-state index in [4.69, 9.17) is 0 Å². The van der Waals surface area contributed by atoms with Gasteiger partial charge >= 0.3 is 0 Å². The van der Waals surface area contributed by atoms with Crippen molar-refractivity contribution < 1.29 is 19.2 Å². The summed E-state index contributed by atoms with van der Waals surface area (Å²) < 4.78 is 0. The van der Waals surface area contributed by atoms with Crippen LogP contribution >= 0.6 is 0 Å². The van der Waals surface area contributed by atoms with Crippen molar-refractivity contribution in [3.05, 3.63) is 0 Å². The molecule has 2 unspecified atom stereocenters. The van der Waals surface area contributed by atoms with Crippen LogP contribution in [0.15, 0.2) is 0 Å². The molecule has 29 heavy (non-hydrogen) atoms. The van der Waals surface area contributed by atoms with Crippen molar-refractivity contribution in [1.29, 1.82) is 0 Å². The van der Waals surface area contributed by atoms with E-state index in [2.05, 4.69) is 10.6 Å². The molecule has 2 atom stereocenters. The molecule has 2 fully saturated rings. The van der Waals surface area contributed by atoms with E-state index >= 15 is 0 Å². The standard InChI is InChI=1S/C21H36N4O4/c1-16(24-12-5-3-8-20(24)28)14-18(26)22-10-7-11-23-19(27)15-17(2)25-13-6-4-9-21(25)29/h16-17H,3-15H2,1-2H3,(H,22,26)(H,23,27). The van der Waals surface area contributed by atoms with Crippen LogP contribution in [0, 0.1) is 0 Å². The first-order valence-corrected chi connectivity index (χ1v) is 11.0. The molecule has 4 amide bonds. The van der Waals surface area contributed by atoms with Crippen LogP contribution in [0.3, 0.4) is 0 Å². The smallest absolute Gasteiger partial charge is 0.222 e. The first-order valence-electron chi connectivity index (χ1n) is 11.0. The van der Waals surface area contributed by atoms with Crippen molar-refractivity contribution >= 4 is 23.6 Å². The van der Waals surface area contributed by atoms with Gasteiger partial charge in [0, 0.05) is 63.9 Å². The third kappa shape index (κ3) is 7.66. The molecule has 0 aromatic heterocycles. The minimum absolute atomic E-state index is 0.0700. The van der Waals surface area contributed by atoms with Crippen molar-refractivity contribution in [2.45, 2.75) is 83.7 Å². The fourth-order valence-corrected chi connectivity index (χ4v) is 4.03. The van der Waals surface area contributed by atoms with Crippen LogP contribution < -0.4 is 10.6 Å². The quantitative estimate of drug-likeness (QED) is 0.531. The van der Waals surface area contributed by atoms with E-state index in [-0.39, 0.29) is 35.7 Å². The molecule has 2 aliphatic heterocycles. The molecule has 0 aromatic carbocycles. The van der Waals surface area contributed by atoms with E-state index in [9.17, 15) is 19.2 Å². The highest BCUT2D eigenvalue weighted by molar-refractivity contribution is 5.81. The monoisotopic (exact) mass is 408 g/mol. The van der Waals surface area contributed by atoms with Crippen LogP contribution in [0.4, 0.5) is 0 Å². The summed E-state index contributed by atoms with van der Waals surface area (Å²) in [6, 6.07) is -0.164. The summed E-state index contributed by atoms with van der Waals surface area (Å²) in [5, 5.41) is 5.72. The number of rotatable bonds is 10. The Bertz CT molecular complexity index is 545. The number of carbonyl (C=O) groups is 4. The summed E-state index contributed by atoms with van der Waals surface area (Å²) in [7, 11) is 0. The Labute approximate surface area is 173 Å². The largest absolute Gasteiger partial charge is 0.356 e. The molecule has 8 nitrogen and oxygen atoms in total. The van der Waals surface area contributed by atoms with Crippen LogP contribution in [-0.4, -0.2) is 71.7 Å². The average Bonchev–Trinajstić information content (AvgIpc) is 2.68. The molecule has 0 bridgehead atoms. The molecule has 164 valence electrons. The lowest BCUT2D eigenvalue weighted by atomic mass is 10.1. The number of nitrogens with zero attached hydrogens (tertiary/aromatic N) is 2. The van der Waals surface area contributed by atoms with E-state index in [0.717, 1.165) is 38.8 Å². The molecular formula is C21H36N4O4. The maximum atomic E-state index is 12.1. The molecular weight excluding hydrogens is 372 g/mol. The van der Waals surface area contributed by atoms with Crippen molar-refractivity contribution in [2.75, 3.05) is 26.2 Å². The summed E-state index contributed by atoms with van der Waals surface area (Å²) in [4.78, 5) is 51.6. The van der Waals surface area contributed by atoms with Gasteiger partial charge in [-0.25, -0.2) is 0 Å². The first kappa shape index (κ1) is 23.2. The van der Waals surface area contributed by atoms with Gasteiger partial charge in [0.05, 0.1) is 0 Å². The second-order valence-electron chi connectivity index (χ2n) is 8.25. The number of carbonyl (C=O) groups excluding carboxylic acids is 4. The first-order chi connectivity index (χ1) is 13.9. The summed E-state index contributed by atoms with van der Waals surface area (Å²) in [6.45, 7) is 6.27. The number of hydrogen-bond donors (Lipinski definition) is 2. The van der Waals surface area contributed by atoms with Gasteiger partial charge in [-0.05, 0) is 46.0 Å². The Morgan fingerprint density at radius 1 is 0.793 bits per heavy atom. The van der Waals surface area contributed by atoms with Crippen LogP contribution in [0.2, 0.25) is 0 Å². The molecule has 0 aliphatic carbocycles. The number of likely N-dealkylation sites (tertiary alicyclic amines) is 2. The molecule has 2 N–H and O–H groups in total. The maximum Gasteiger partial charge on any atom is 0.222 e. The van der Waals surface area contributed by atoms with Crippen molar-refractivity contribution in [1.82, 2.24) is 20.4 Å². The zero-order valence-corrected chi connectivity index (χ0v) is 17.9. The van der Waals surface area contributed by atoms with Gasteiger partial charge in [0.15, 0.2) is 0 Å². The molecule has 8 heteroatoms. The second kappa shape index (κ2) is 11.8. The topological polar surface area (TPSA) is 98.8 Å². The lowest BCUT2D eigenvalue weighted by Gasteiger charge is -2.32. The zero-order chi connectivity index (χ0) is 21.2. The van der Waals surface area contributed by atoms with Crippen LogP contribution in [0.1, 0.15) is 71.6 Å². The number of nitrogens with one attached hydrogen (secondary N) is 2. The zero-order valence-electron chi connectivity index (χ0n) is 17.9. The third-order valence-corrected chi connectivity index (χ3v) is 5.74. The summed E-state index contributed by atoms with van der Waals surface area (Å²) in [6.07, 6.45) is 6.29. The van der Waals surface area contributed by atoms with Gasteiger partial charge in [-0.2, -0.15) is 0 Å². The molecule has 2 aliphatic rings. The summed E-state index contributed by atoms with van der Waals surface area (Å²) in [5.74, 6) is 0.137. The normalized spacial score (nSPS) is 19.7. The molecule has 2 rings (SSSR count). The molecule has 0 aromatic rings. The maximum absolute atomic E-state index is 12.1. The Hall–Kier alpha value is -2.12. The van der Waals surface area contributed by atoms with Gasteiger partial charge in [-0.15, -0.1) is 0 Å². The molecule has 0 radical (unpaired) electrons. The van der Waals surface area contributed by atoms with Crippen LogP contribution in [0.5, 0.6) is 0 Å². The minimum Gasteiger partial charge on any atom is -0.356 e. The van der Waals surface area contributed by atoms with Crippen molar-refractivity contribution in [2.24, 2.45) is 0 Å². The van der Waals surface area contributed by atoms with Gasteiger partial charge in [-0.1, -0.05) is 0 Å². The van der Waals surface area contributed by atoms with Crippen molar-refractivity contribution in [3.8, 4) is 0 Å². The van der Waals surface area contributed by atoms with E-state index in [1.54, 1.807) is 9.80 Å². The Morgan fingerprint density at radius 3 is 1.59 bits per heavy atom. The van der Waals surface area contributed by atoms with Gasteiger partial charge in [-0.3, -0.25) is 19.2 Å². The lowest BCUT2D eigenvalue weighted by molar-refractivity contribution is -0.137. The Balaban J connectivity index is 1.55. The van der Waals surface area contributed by atoms with Crippen LogP contribution in [-0.2, 0) is 19.2 Å². The third-order valence-electron chi connectivity index (χ3n) is 5.74. The lowest BCUT2D eigenvalue weighted by Crippen LogP contribution is -2.44. The second-order valence-corrected chi connectivity index (χ2v) is 8.25. The highest BCUT2D eigenvalue weighted by atomic mass is 16.2. The predicted molar refractivity (Wildman–Crippen MR) is 110 cm³/mol. The van der Waals surface area contributed by atoms with Gasteiger partial charge in [0.1, 0.15) is 0 Å². The highest BCUT2D eigenvalue weighted by Crippen LogP contribution is 2.16. The highest BCUT2D eigenvalue weighted by Gasteiger charge is 2.25. The summed E-state index contributed by atoms with van der Waals surface area (Å²) >= 11 is 0. The fourth-order valence-electron chi connectivity index (χ4n) is 4.03. The van der Waals surface area contributed by atoms with E-state index < -0.39 is 0 Å². The molecule has 0 saturated carbocycles. The van der Waals surface area contributed by atoms with Crippen molar-refractivity contribution in [3.63, 3.8) is 0 Å². The van der Waals surface area contributed by atoms with E-state index in [1.165, 1.54) is 0 Å². The number of piperidine rings is 2. The SMILES string of the molecule is CC(CC(=O)NCCCNC(=O)CC(C)N1CCCCC1=O)N1CCCCC1=O. The molecule has 0 spiro atoms. The minimum atomic E-state index is -0.0820. The molecule has 2 saturated heterocycles. The Kier molecular flexibility index (Phi) is 9.41. The fraction of sp³-hybridized carbons (Fsp3) is 0.810. The van der Waals surface area contributed by atoms with E-state index in [0.29, 0.717) is 45.2 Å². The van der Waals surface area contributed by atoms with Gasteiger partial charge < -0.3 is 20.4 Å². The number of hydrogen-bond acceptors (Lipinski definition) is 4. The molecule has 2 heterocycles. The van der Waals surface area contributed by atoms with Gasteiger partial charge in [0.2, 0.25) is 23.6 Å².